The summed E-state index contributed by atoms with van der Waals surface area (Å²) in [4.78, 5) is 19.0. The first-order valence-electron chi connectivity index (χ1n) is 8.19. The number of aromatic nitrogens is 2. The Bertz CT molecular complexity index is 885. The summed E-state index contributed by atoms with van der Waals surface area (Å²) < 4.78 is 15.2. The van der Waals surface area contributed by atoms with Gasteiger partial charge >= 0.3 is 0 Å². The summed E-state index contributed by atoms with van der Waals surface area (Å²) in [5.41, 5.74) is 2.33. The van der Waals surface area contributed by atoms with E-state index in [-0.39, 0.29) is 11.7 Å². The number of hydrogen-bond acceptors (Lipinski definition) is 2. The van der Waals surface area contributed by atoms with Gasteiger partial charge in [0.25, 0.3) is 5.91 Å². The van der Waals surface area contributed by atoms with E-state index in [1.165, 1.54) is 12.1 Å². The molecule has 1 amide bonds. The minimum absolute atomic E-state index is 0.0272. The molecule has 3 aromatic rings. The Morgan fingerprint density at radius 2 is 2.12 bits per heavy atom. The van der Waals surface area contributed by atoms with Gasteiger partial charge in [0.1, 0.15) is 11.5 Å². The van der Waals surface area contributed by atoms with Crippen LogP contribution in [0.25, 0.3) is 5.65 Å². The van der Waals surface area contributed by atoms with Crippen LogP contribution in [0.1, 0.15) is 28.8 Å². The van der Waals surface area contributed by atoms with Gasteiger partial charge in [0.15, 0.2) is 0 Å². The van der Waals surface area contributed by atoms with E-state index in [1.54, 1.807) is 12.3 Å². The maximum Gasteiger partial charge on any atom is 0.254 e. The Hall–Kier alpha value is -2.69. The van der Waals surface area contributed by atoms with Gasteiger partial charge in [-0.15, -0.1) is 0 Å². The molecule has 0 unspecified atom stereocenters. The lowest BCUT2D eigenvalue weighted by Crippen LogP contribution is -2.35. The number of amides is 1. The molecule has 4 rings (SSSR count). The van der Waals surface area contributed by atoms with Gasteiger partial charge in [-0.05, 0) is 49.1 Å². The van der Waals surface area contributed by atoms with Crippen LogP contribution in [0.2, 0.25) is 0 Å². The van der Waals surface area contributed by atoms with E-state index < -0.39 is 0 Å². The number of carbonyl (C=O) groups is 1. The fourth-order valence-corrected chi connectivity index (χ4v) is 2.99. The molecule has 122 valence electrons. The first-order chi connectivity index (χ1) is 11.7. The van der Waals surface area contributed by atoms with E-state index in [2.05, 4.69) is 4.98 Å². The second-order valence-corrected chi connectivity index (χ2v) is 6.22. The van der Waals surface area contributed by atoms with Gasteiger partial charge in [-0.1, -0.05) is 12.1 Å². The first kappa shape index (κ1) is 14.9. The van der Waals surface area contributed by atoms with Gasteiger partial charge in [-0.25, -0.2) is 9.37 Å². The molecular weight excluding hydrogens is 305 g/mol. The quantitative estimate of drug-likeness (QED) is 0.722. The highest BCUT2D eigenvalue weighted by atomic mass is 19.1. The van der Waals surface area contributed by atoms with Gasteiger partial charge < -0.3 is 9.30 Å². The van der Waals surface area contributed by atoms with Crippen LogP contribution in [0.4, 0.5) is 4.39 Å². The second kappa shape index (κ2) is 6.07. The topological polar surface area (TPSA) is 37.6 Å². The number of hydrogen-bond donors (Lipinski definition) is 0. The van der Waals surface area contributed by atoms with E-state index in [9.17, 15) is 9.18 Å². The molecule has 1 fully saturated rings. The van der Waals surface area contributed by atoms with Gasteiger partial charge in [-0.2, -0.15) is 0 Å². The molecule has 1 aliphatic carbocycles. The molecule has 2 aromatic heterocycles. The monoisotopic (exact) mass is 323 g/mol. The number of pyridine rings is 1. The van der Waals surface area contributed by atoms with Crippen molar-refractivity contribution in [3.05, 3.63) is 71.9 Å². The van der Waals surface area contributed by atoms with Crippen LogP contribution in [0.3, 0.4) is 0 Å². The smallest absolute Gasteiger partial charge is 0.254 e. The standard InChI is InChI=1S/C19H18FN3O/c20-16-3-1-2-14(12-16)6-10-23(17-4-5-17)19(24)15-7-9-22-11-8-21-18(22)13-15/h1-3,7-9,11-13,17H,4-6,10H2. The fraction of sp³-hybridized carbons (Fsp3) is 0.263. The van der Waals surface area contributed by atoms with Crippen LogP contribution in [0.5, 0.6) is 0 Å². The zero-order valence-electron chi connectivity index (χ0n) is 13.2. The van der Waals surface area contributed by atoms with Crippen LogP contribution >= 0.6 is 0 Å². The SMILES string of the molecule is O=C(c1ccn2ccnc2c1)N(CCc1cccc(F)c1)C1CC1. The molecule has 0 bridgehead atoms. The summed E-state index contributed by atoms with van der Waals surface area (Å²) in [5.74, 6) is -0.207. The summed E-state index contributed by atoms with van der Waals surface area (Å²) in [6.45, 7) is 0.604. The molecule has 1 aliphatic rings. The third kappa shape index (κ3) is 3.02. The van der Waals surface area contributed by atoms with Crippen molar-refractivity contribution in [2.75, 3.05) is 6.54 Å². The molecule has 0 aliphatic heterocycles. The molecule has 4 nitrogen and oxygen atoms in total. The van der Waals surface area contributed by atoms with Crippen molar-refractivity contribution < 1.29 is 9.18 Å². The second-order valence-electron chi connectivity index (χ2n) is 6.22. The van der Waals surface area contributed by atoms with Crippen molar-refractivity contribution in [2.24, 2.45) is 0 Å². The highest BCUT2D eigenvalue weighted by Crippen LogP contribution is 2.28. The number of halogens is 1. The summed E-state index contributed by atoms with van der Waals surface area (Å²) in [6, 6.07) is 10.5. The Morgan fingerprint density at radius 3 is 2.92 bits per heavy atom. The molecule has 5 heteroatoms. The van der Waals surface area contributed by atoms with Gasteiger partial charge in [-0.3, -0.25) is 4.79 Å². The van der Waals surface area contributed by atoms with Crippen LogP contribution < -0.4 is 0 Å². The lowest BCUT2D eigenvalue weighted by atomic mass is 10.1. The summed E-state index contributed by atoms with van der Waals surface area (Å²) in [6.07, 6.45) is 8.16. The van der Waals surface area contributed by atoms with Gasteiger partial charge in [0.2, 0.25) is 0 Å². The molecular formula is C19H18FN3O. The van der Waals surface area contributed by atoms with E-state index >= 15 is 0 Å². The third-order valence-electron chi connectivity index (χ3n) is 4.42. The highest BCUT2D eigenvalue weighted by molar-refractivity contribution is 5.95. The molecule has 24 heavy (non-hydrogen) atoms. The largest absolute Gasteiger partial charge is 0.335 e. The Balaban J connectivity index is 1.52. The third-order valence-corrected chi connectivity index (χ3v) is 4.42. The van der Waals surface area contributed by atoms with Crippen molar-refractivity contribution in [1.29, 1.82) is 0 Å². The van der Waals surface area contributed by atoms with Crippen LogP contribution in [-0.4, -0.2) is 32.8 Å². The van der Waals surface area contributed by atoms with Crippen LogP contribution in [0.15, 0.2) is 55.0 Å². The molecule has 0 radical (unpaired) electrons. The van der Waals surface area contributed by atoms with Crippen molar-refractivity contribution in [2.45, 2.75) is 25.3 Å². The zero-order valence-corrected chi connectivity index (χ0v) is 13.2. The lowest BCUT2D eigenvalue weighted by molar-refractivity contribution is 0.0745. The summed E-state index contributed by atoms with van der Waals surface area (Å²) in [7, 11) is 0. The number of rotatable bonds is 5. The molecule has 1 saturated carbocycles. The van der Waals surface area contributed by atoms with E-state index in [4.69, 9.17) is 0 Å². The molecule has 0 atom stereocenters. The average Bonchev–Trinajstić information content (AvgIpc) is 3.31. The predicted molar refractivity (Wildman–Crippen MR) is 89.4 cm³/mol. The van der Waals surface area contributed by atoms with Crippen molar-refractivity contribution in [1.82, 2.24) is 14.3 Å². The van der Waals surface area contributed by atoms with E-state index in [0.29, 0.717) is 24.6 Å². The number of nitrogens with zero attached hydrogens (tertiary/aromatic N) is 3. The van der Waals surface area contributed by atoms with Crippen LogP contribution in [-0.2, 0) is 6.42 Å². The van der Waals surface area contributed by atoms with Crippen molar-refractivity contribution in [3.63, 3.8) is 0 Å². The number of carbonyl (C=O) groups excluding carboxylic acids is 1. The van der Waals surface area contributed by atoms with E-state index in [0.717, 1.165) is 24.1 Å². The van der Waals surface area contributed by atoms with Crippen molar-refractivity contribution in [3.8, 4) is 0 Å². The number of fused-ring (bicyclic) bond motifs is 1. The Labute approximate surface area is 139 Å². The predicted octanol–water partition coefficient (Wildman–Crippen LogP) is 3.32. The minimum Gasteiger partial charge on any atom is -0.335 e. The Kier molecular flexibility index (Phi) is 3.76. The zero-order chi connectivity index (χ0) is 16.5. The maximum atomic E-state index is 13.3. The maximum absolute atomic E-state index is 13.3. The first-order valence-corrected chi connectivity index (χ1v) is 8.19. The normalized spacial score (nSPS) is 14.0. The summed E-state index contributed by atoms with van der Waals surface area (Å²) >= 11 is 0. The molecule has 1 aromatic carbocycles. The van der Waals surface area contributed by atoms with Crippen LogP contribution in [0, 0.1) is 5.82 Å². The highest BCUT2D eigenvalue weighted by Gasteiger charge is 2.32. The molecule has 0 spiro atoms. The minimum atomic E-state index is -0.235. The lowest BCUT2D eigenvalue weighted by Gasteiger charge is -2.22. The Morgan fingerprint density at radius 1 is 1.25 bits per heavy atom. The molecule has 0 N–H and O–H groups in total. The summed E-state index contributed by atoms with van der Waals surface area (Å²) in [5, 5.41) is 0. The van der Waals surface area contributed by atoms with Gasteiger partial charge in [0, 0.05) is 36.7 Å². The van der Waals surface area contributed by atoms with E-state index in [1.807, 2.05) is 39.9 Å². The molecule has 2 heterocycles. The number of imidazole rings is 1. The fourth-order valence-electron chi connectivity index (χ4n) is 2.99. The molecule has 0 saturated heterocycles. The number of benzene rings is 1. The van der Waals surface area contributed by atoms with Gasteiger partial charge in [0.05, 0.1) is 0 Å². The van der Waals surface area contributed by atoms with Crippen molar-refractivity contribution >= 4 is 11.6 Å². The average molecular weight is 323 g/mol.